The summed E-state index contributed by atoms with van der Waals surface area (Å²) in [5.41, 5.74) is 8.85. The molecule has 2 aromatic rings. The molecule has 0 spiro atoms. The minimum Gasteiger partial charge on any atom is -0.348 e. The summed E-state index contributed by atoms with van der Waals surface area (Å²) >= 11 is 0. The number of anilines is 1. The highest BCUT2D eigenvalue weighted by Gasteiger charge is 2.07. The number of benzene rings is 2. The highest BCUT2D eigenvalue weighted by atomic mass is 35.5. The molecule has 0 aliphatic heterocycles. The first-order valence-corrected chi connectivity index (χ1v) is 7.96. The molecular formula is C19H24ClN3O2. The monoisotopic (exact) mass is 361 g/mol. The van der Waals surface area contributed by atoms with E-state index in [1.54, 1.807) is 12.1 Å². The number of rotatable bonds is 6. The van der Waals surface area contributed by atoms with Crippen LogP contribution in [0.4, 0.5) is 5.69 Å². The van der Waals surface area contributed by atoms with E-state index >= 15 is 0 Å². The van der Waals surface area contributed by atoms with Gasteiger partial charge in [0, 0.05) is 30.3 Å². The van der Waals surface area contributed by atoms with Crippen molar-refractivity contribution in [2.24, 2.45) is 11.7 Å². The number of nitrogens with one attached hydrogen (secondary N) is 2. The van der Waals surface area contributed by atoms with Crippen LogP contribution in [0.2, 0.25) is 0 Å². The summed E-state index contributed by atoms with van der Waals surface area (Å²) in [7, 11) is 0. The maximum Gasteiger partial charge on any atom is 0.251 e. The maximum atomic E-state index is 12.1. The Balaban J connectivity index is 0.00000312. The number of hydrogen-bond acceptors (Lipinski definition) is 3. The van der Waals surface area contributed by atoms with Crippen molar-refractivity contribution in [3.63, 3.8) is 0 Å². The van der Waals surface area contributed by atoms with E-state index < -0.39 is 0 Å². The van der Waals surface area contributed by atoms with E-state index in [2.05, 4.69) is 10.6 Å². The van der Waals surface area contributed by atoms with Crippen molar-refractivity contribution in [2.45, 2.75) is 26.9 Å². The molecule has 6 heteroatoms. The van der Waals surface area contributed by atoms with E-state index in [9.17, 15) is 9.59 Å². The van der Waals surface area contributed by atoms with Crippen molar-refractivity contribution in [1.82, 2.24) is 5.32 Å². The van der Waals surface area contributed by atoms with Crippen molar-refractivity contribution >= 4 is 29.9 Å². The Hall–Kier alpha value is -2.37. The molecule has 25 heavy (non-hydrogen) atoms. The topological polar surface area (TPSA) is 84.2 Å². The van der Waals surface area contributed by atoms with Crippen molar-refractivity contribution in [3.05, 3.63) is 65.2 Å². The zero-order valence-corrected chi connectivity index (χ0v) is 15.2. The third kappa shape index (κ3) is 6.21. The number of halogens is 1. The second-order valence-electron chi connectivity index (χ2n) is 5.92. The molecule has 4 N–H and O–H groups in total. The van der Waals surface area contributed by atoms with Gasteiger partial charge in [0.05, 0.1) is 0 Å². The second-order valence-corrected chi connectivity index (χ2v) is 5.92. The largest absolute Gasteiger partial charge is 0.348 e. The molecule has 0 saturated carbocycles. The van der Waals surface area contributed by atoms with Gasteiger partial charge >= 0.3 is 0 Å². The molecular weight excluding hydrogens is 338 g/mol. The van der Waals surface area contributed by atoms with Crippen LogP contribution in [0.15, 0.2) is 48.5 Å². The van der Waals surface area contributed by atoms with E-state index in [1.165, 1.54) is 0 Å². The van der Waals surface area contributed by atoms with Crippen LogP contribution in [0, 0.1) is 5.92 Å². The quantitative estimate of drug-likeness (QED) is 0.739. The summed E-state index contributed by atoms with van der Waals surface area (Å²) in [6.45, 7) is 4.58. The molecule has 0 atom stereocenters. The van der Waals surface area contributed by atoms with Gasteiger partial charge in [-0.3, -0.25) is 9.59 Å². The molecule has 134 valence electrons. The lowest BCUT2D eigenvalue weighted by atomic mass is 10.1. The Bertz CT molecular complexity index is 698. The van der Waals surface area contributed by atoms with Crippen molar-refractivity contribution in [1.29, 1.82) is 0 Å². The molecule has 0 bridgehead atoms. The van der Waals surface area contributed by atoms with Gasteiger partial charge in [0.25, 0.3) is 5.91 Å². The van der Waals surface area contributed by atoms with Crippen LogP contribution in [0.25, 0.3) is 0 Å². The van der Waals surface area contributed by atoms with Crippen LogP contribution in [0.3, 0.4) is 0 Å². The summed E-state index contributed by atoms with van der Waals surface area (Å²) in [6.07, 6.45) is 0. The van der Waals surface area contributed by atoms with Crippen molar-refractivity contribution < 1.29 is 9.59 Å². The molecule has 0 heterocycles. The standard InChI is InChI=1S/C19H23N3O2.ClH/c1-13(2)18(23)22-17-9-5-15(6-10-17)12-21-19(24)16-7-3-14(11-20)4-8-16;/h3-10,13H,11-12,20H2,1-2H3,(H,21,24)(H,22,23);1H. The van der Waals surface area contributed by atoms with Crippen LogP contribution in [0.1, 0.15) is 35.3 Å². The Morgan fingerprint density at radius 1 is 0.960 bits per heavy atom. The van der Waals surface area contributed by atoms with Crippen LogP contribution in [-0.2, 0) is 17.9 Å². The summed E-state index contributed by atoms with van der Waals surface area (Å²) in [5.74, 6) is -0.206. The number of carbonyl (C=O) groups is 2. The fourth-order valence-corrected chi connectivity index (χ4v) is 2.07. The number of nitrogens with two attached hydrogens (primary N) is 1. The van der Waals surface area contributed by atoms with Gasteiger partial charge in [0.1, 0.15) is 0 Å². The van der Waals surface area contributed by atoms with Crippen LogP contribution in [-0.4, -0.2) is 11.8 Å². The third-order valence-electron chi connectivity index (χ3n) is 3.65. The molecule has 2 amide bonds. The molecule has 5 nitrogen and oxygen atoms in total. The molecule has 2 aromatic carbocycles. The minimum absolute atomic E-state index is 0. The average Bonchev–Trinajstić information content (AvgIpc) is 2.60. The minimum atomic E-state index is -0.129. The van der Waals surface area contributed by atoms with Gasteiger partial charge in [0.15, 0.2) is 0 Å². The number of carbonyl (C=O) groups excluding carboxylic acids is 2. The normalized spacial score (nSPS) is 10.1. The molecule has 0 saturated heterocycles. The summed E-state index contributed by atoms with van der Waals surface area (Å²) in [6, 6.07) is 14.7. The summed E-state index contributed by atoms with van der Waals surface area (Å²) < 4.78 is 0. The molecule has 0 unspecified atom stereocenters. The first-order chi connectivity index (χ1) is 11.5. The van der Waals surface area contributed by atoms with Gasteiger partial charge in [-0.05, 0) is 35.4 Å². The third-order valence-corrected chi connectivity index (χ3v) is 3.65. The molecule has 0 aliphatic rings. The number of hydrogen-bond donors (Lipinski definition) is 3. The second kappa shape index (κ2) is 9.81. The van der Waals surface area contributed by atoms with Gasteiger partial charge < -0.3 is 16.4 Å². The van der Waals surface area contributed by atoms with Crippen LogP contribution >= 0.6 is 12.4 Å². The zero-order chi connectivity index (χ0) is 17.5. The Kier molecular flexibility index (Phi) is 8.11. The fraction of sp³-hybridized carbons (Fsp3) is 0.263. The van der Waals surface area contributed by atoms with E-state index in [1.807, 2.05) is 50.2 Å². The van der Waals surface area contributed by atoms with E-state index in [0.717, 1.165) is 16.8 Å². The van der Waals surface area contributed by atoms with Gasteiger partial charge in [0.2, 0.25) is 5.91 Å². The van der Waals surface area contributed by atoms with E-state index in [4.69, 9.17) is 5.73 Å². The van der Waals surface area contributed by atoms with Gasteiger partial charge in [-0.15, -0.1) is 12.4 Å². The van der Waals surface area contributed by atoms with Gasteiger partial charge in [-0.1, -0.05) is 38.1 Å². The lowest BCUT2D eigenvalue weighted by Gasteiger charge is -2.09. The summed E-state index contributed by atoms with van der Waals surface area (Å²) in [5, 5.41) is 5.71. The van der Waals surface area contributed by atoms with Gasteiger partial charge in [-0.25, -0.2) is 0 Å². The average molecular weight is 362 g/mol. The summed E-state index contributed by atoms with van der Waals surface area (Å²) in [4.78, 5) is 23.7. The first kappa shape index (κ1) is 20.7. The first-order valence-electron chi connectivity index (χ1n) is 7.96. The van der Waals surface area contributed by atoms with Crippen LogP contribution < -0.4 is 16.4 Å². The maximum absolute atomic E-state index is 12.1. The SMILES string of the molecule is CC(C)C(=O)Nc1ccc(CNC(=O)c2ccc(CN)cc2)cc1.Cl. The lowest BCUT2D eigenvalue weighted by Crippen LogP contribution is -2.22. The predicted molar refractivity (Wildman–Crippen MR) is 103 cm³/mol. The Labute approximate surface area is 154 Å². The molecule has 2 rings (SSSR count). The molecule has 0 radical (unpaired) electrons. The van der Waals surface area contributed by atoms with Crippen molar-refractivity contribution in [2.75, 3.05) is 5.32 Å². The van der Waals surface area contributed by atoms with Gasteiger partial charge in [-0.2, -0.15) is 0 Å². The molecule has 0 aliphatic carbocycles. The molecule has 0 aromatic heterocycles. The Morgan fingerprint density at radius 2 is 1.52 bits per heavy atom. The highest BCUT2D eigenvalue weighted by Crippen LogP contribution is 2.11. The fourth-order valence-electron chi connectivity index (χ4n) is 2.07. The number of amides is 2. The van der Waals surface area contributed by atoms with E-state index in [-0.39, 0.29) is 30.1 Å². The lowest BCUT2D eigenvalue weighted by molar-refractivity contribution is -0.118. The van der Waals surface area contributed by atoms with E-state index in [0.29, 0.717) is 18.7 Å². The van der Waals surface area contributed by atoms with Crippen molar-refractivity contribution in [3.8, 4) is 0 Å². The smallest absolute Gasteiger partial charge is 0.251 e. The van der Waals surface area contributed by atoms with Crippen LogP contribution in [0.5, 0.6) is 0 Å². The predicted octanol–water partition coefficient (Wildman–Crippen LogP) is 3.09. The Morgan fingerprint density at radius 3 is 2.04 bits per heavy atom. The molecule has 0 fully saturated rings. The zero-order valence-electron chi connectivity index (χ0n) is 14.4. The highest BCUT2D eigenvalue weighted by molar-refractivity contribution is 5.94.